The molecule has 0 aliphatic carbocycles. The van der Waals surface area contributed by atoms with Gasteiger partial charge in [-0.25, -0.2) is 18.0 Å². The van der Waals surface area contributed by atoms with Crippen LogP contribution in [0.5, 0.6) is 5.75 Å². The number of carbonyl (C=O) groups is 2. The number of amides is 3. The summed E-state index contributed by atoms with van der Waals surface area (Å²) in [7, 11) is 1.49. The van der Waals surface area contributed by atoms with Crippen molar-refractivity contribution in [3.63, 3.8) is 0 Å². The van der Waals surface area contributed by atoms with Gasteiger partial charge in [-0.2, -0.15) is 0 Å². The Hall–Kier alpha value is -3.73. The molecule has 2 aliphatic rings. The lowest BCUT2D eigenvalue weighted by Crippen LogP contribution is -2.46. The van der Waals surface area contributed by atoms with Crippen molar-refractivity contribution in [2.24, 2.45) is 10.7 Å². The fraction of sp³-hybridized carbons (Fsp3) is 0.320. The topological polar surface area (TPSA) is 109 Å². The summed E-state index contributed by atoms with van der Waals surface area (Å²) < 4.78 is 47.7. The third kappa shape index (κ3) is 5.51. The first-order valence-corrected chi connectivity index (χ1v) is 11.9. The summed E-state index contributed by atoms with van der Waals surface area (Å²) >= 11 is 6.43. The molecule has 0 unspecified atom stereocenters. The molecule has 4 N–H and O–H groups in total. The molecule has 0 saturated carbocycles. The van der Waals surface area contributed by atoms with Gasteiger partial charge in [0.05, 0.1) is 28.4 Å². The van der Waals surface area contributed by atoms with E-state index in [1.807, 2.05) is 0 Å². The van der Waals surface area contributed by atoms with E-state index in [9.17, 15) is 22.8 Å². The number of nitrogens with one attached hydrogen (secondary N) is 2. The third-order valence-corrected chi connectivity index (χ3v) is 6.68. The molecular weight excluding hydrogens is 511 g/mol. The molecule has 2 aliphatic heterocycles. The molecule has 4 rings (SSSR count). The van der Waals surface area contributed by atoms with Crippen LogP contribution < -0.4 is 21.1 Å². The van der Waals surface area contributed by atoms with Crippen LogP contribution in [0.25, 0.3) is 0 Å². The van der Waals surface area contributed by atoms with E-state index in [1.165, 1.54) is 11.9 Å². The molecule has 0 radical (unpaired) electrons. The highest BCUT2D eigenvalue weighted by Gasteiger charge is 2.33. The van der Waals surface area contributed by atoms with Gasteiger partial charge in [0.1, 0.15) is 29.8 Å². The van der Waals surface area contributed by atoms with Gasteiger partial charge in [0.25, 0.3) is 5.91 Å². The Labute approximate surface area is 216 Å². The van der Waals surface area contributed by atoms with Gasteiger partial charge in [-0.05, 0) is 31.5 Å². The van der Waals surface area contributed by atoms with Crippen LogP contribution in [0.4, 0.5) is 18.0 Å². The minimum absolute atomic E-state index is 0.0223. The van der Waals surface area contributed by atoms with Crippen molar-refractivity contribution in [2.75, 3.05) is 26.7 Å². The zero-order chi connectivity index (χ0) is 26.9. The Bertz CT molecular complexity index is 1300. The van der Waals surface area contributed by atoms with Crippen molar-refractivity contribution in [3.05, 3.63) is 75.2 Å². The summed E-state index contributed by atoms with van der Waals surface area (Å²) in [6, 6.07) is 3.86. The van der Waals surface area contributed by atoms with Crippen LogP contribution in [0.1, 0.15) is 29.3 Å². The number of nitrogens with zero attached hydrogens (tertiary/aromatic N) is 2. The highest BCUT2D eigenvalue weighted by molar-refractivity contribution is 6.35. The SMILES string of the molecule is CN=C(C1=C(N)[C@H](C)N(C(=O)c2cc(F)cc(OC[C@H]3CNC(=O)N3)c2Cl)CC1)c1cc(F)cc(F)c1. The minimum Gasteiger partial charge on any atom is -0.490 e. The Balaban J connectivity index is 1.57. The van der Waals surface area contributed by atoms with E-state index in [2.05, 4.69) is 15.6 Å². The van der Waals surface area contributed by atoms with Crippen LogP contribution >= 0.6 is 11.6 Å². The molecule has 0 spiro atoms. The first kappa shape index (κ1) is 26.3. The fourth-order valence-electron chi connectivity index (χ4n) is 4.43. The van der Waals surface area contributed by atoms with E-state index in [0.717, 1.165) is 30.3 Å². The predicted molar refractivity (Wildman–Crippen MR) is 132 cm³/mol. The summed E-state index contributed by atoms with van der Waals surface area (Å²) in [4.78, 5) is 30.4. The maximum atomic E-state index is 14.4. The number of ether oxygens (including phenoxy) is 1. The molecule has 37 heavy (non-hydrogen) atoms. The highest BCUT2D eigenvalue weighted by Crippen LogP contribution is 2.33. The molecule has 0 bridgehead atoms. The van der Waals surface area contributed by atoms with Crippen LogP contribution in [0.2, 0.25) is 5.02 Å². The number of hydrogen-bond acceptors (Lipinski definition) is 5. The van der Waals surface area contributed by atoms with Crippen LogP contribution in [0.15, 0.2) is 46.6 Å². The van der Waals surface area contributed by atoms with Crippen LogP contribution in [-0.4, -0.2) is 61.4 Å². The Kier molecular flexibility index (Phi) is 7.63. The van der Waals surface area contributed by atoms with Crippen LogP contribution in [-0.2, 0) is 0 Å². The van der Waals surface area contributed by atoms with Gasteiger partial charge in [-0.3, -0.25) is 9.79 Å². The second kappa shape index (κ2) is 10.7. The number of halogens is 4. The molecule has 8 nitrogen and oxygen atoms in total. The summed E-state index contributed by atoms with van der Waals surface area (Å²) in [6.07, 6.45) is 0.247. The first-order chi connectivity index (χ1) is 17.6. The third-order valence-electron chi connectivity index (χ3n) is 6.29. The maximum Gasteiger partial charge on any atom is 0.315 e. The van der Waals surface area contributed by atoms with Gasteiger partial charge < -0.3 is 26.0 Å². The van der Waals surface area contributed by atoms with E-state index >= 15 is 0 Å². The molecule has 3 amide bonds. The zero-order valence-corrected chi connectivity index (χ0v) is 20.8. The molecule has 0 aromatic heterocycles. The summed E-state index contributed by atoms with van der Waals surface area (Å²) in [6.45, 7) is 2.22. The maximum absolute atomic E-state index is 14.4. The minimum atomic E-state index is -0.749. The molecule has 2 aromatic carbocycles. The molecular formula is C25H25ClF3N5O3. The average molecular weight is 536 g/mol. The Morgan fingerprint density at radius 2 is 1.86 bits per heavy atom. The van der Waals surface area contributed by atoms with E-state index in [1.54, 1.807) is 6.92 Å². The molecule has 2 atom stereocenters. The number of nitrogens with two attached hydrogens (primary N) is 1. The molecule has 196 valence electrons. The standard InChI is InChI=1S/C25H25ClF3N5O3/c1-12-22(30)18(23(31-2)13-5-14(27)7-15(28)6-13)3-4-34(12)24(35)19-8-16(29)9-20(21(19)26)37-11-17-10-32-25(36)33-17/h5-9,12,17H,3-4,10-11,30H2,1-2H3,(H2,32,33,36)/t12-,17+/m0/s1. The van der Waals surface area contributed by atoms with Gasteiger partial charge in [-0.1, -0.05) is 11.6 Å². The number of hydrogen-bond donors (Lipinski definition) is 3. The predicted octanol–water partition coefficient (Wildman–Crippen LogP) is 3.38. The largest absolute Gasteiger partial charge is 0.490 e. The van der Waals surface area contributed by atoms with E-state index in [-0.39, 0.29) is 53.5 Å². The lowest BCUT2D eigenvalue weighted by Gasteiger charge is -2.36. The van der Waals surface area contributed by atoms with Crippen molar-refractivity contribution in [2.45, 2.75) is 25.4 Å². The number of rotatable bonds is 6. The number of benzene rings is 2. The first-order valence-electron chi connectivity index (χ1n) is 11.5. The quantitative estimate of drug-likeness (QED) is 0.493. The molecule has 12 heteroatoms. The van der Waals surface area contributed by atoms with Crippen molar-refractivity contribution >= 4 is 29.3 Å². The Morgan fingerprint density at radius 1 is 1.19 bits per heavy atom. The number of urea groups is 1. The second-order valence-electron chi connectivity index (χ2n) is 8.72. The van der Waals surface area contributed by atoms with E-state index in [4.69, 9.17) is 22.1 Å². The zero-order valence-electron chi connectivity index (χ0n) is 20.1. The Morgan fingerprint density at radius 3 is 2.49 bits per heavy atom. The van der Waals surface area contributed by atoms with Gasteiger partial charge in [0, 0.05) is 49.1 Å². The number of aliphatic imine (C=N–C) groups is 1. The smallest absolute Gasteiger partial charge is 0.315 e. The molecule has 1 fully saturated rings. The normalized spacial score (nSPS) is 20.1. The van der Waals surface area contributed by atoms with Crippen molar-refractivity contribution in [3.8, 4) is 5.75 Å². The summed E-state index contributed by atoms with van der Waals surface area (Å²) in [5.74, 6) is -2.82. The fourth-order valence-corrected chi connectivity index (χ4v) is 4.67. The molecule has 1 saturated heterocycles. The molecule has 2 aromatic rings. The van der Waals surface area contributed by atoms with E-state index < -0.39 is 29.4 Å². The second-order valence-corrected chi connectivity index (χ2v) is 9.09. The lowest BCUT2D eigenvalue weighted by atomic mass is 9.91. The number of carbonyl (C=O) groups excluding carboxylic acids is 2. The van der Waals surface area contributed by atoms with E-state index in [0.29, 0.717) is 23.5 Å². The summed E-state index contributed by atoms with van der Waals surface area (Å²) in [5, 5.41) is 5.15. The van der Waals surface area contributed by atoms with Crippen molar-refractivity contribution in [1.82, 2.24) is 15.5 Å². The van der Waals surface area contributed by atoms with Gasteiger partial charge in [-0.15, -0.1) is 0 Å². The average Bonchev–Trinajstić information content (AvgIpc) is 3.26. The van der Waals surface area contributed by atoms with Crippen molar-refractivity contribution < 1.29 is 27.5 Å². The summed E-state index contributed by atoms with van der Waals surface area (Å²) in [5.41, 5.74) is 7.69. The highest BCUT2D eigenvalue weighted by atomic mass is 35.5. The monoisotopic (exact) mass is 535 g/mol. The van der Waals surface area contributed by atoms with Crippen LogP contribution in [0, 0.1) is 17.5 Å². The van der Waals surface area contributed by atoms with Crippen LogP contribution in [0.3, 0.4) is 0 Å². The molecule has 2 heterocycles. The lowest BCUT2D eigenvalue weighted by molar-refractivity contribution is 0.0705. The van der Waals surface area contributed by atoms with Crippen molar-refractivity contribution in [1.29, 1.82) is 0 Å². The van der Waals surface area contributed by atoms with Gasteiger partial charge in [0.15, 0.2) is 0 Å². The van der Waals surface area contributed by atoms with Gasteiger partial charge in [0.2, 0.25) is 0 Å². The van der Waals surface area contributed by atoms with Gasteiger partial charge >= 0.3 is 6.03 Å².